The van der Waals surface area contributed by atoms with Gasteiger partial charge in [0.05, 0.1) is 7.11 Å². The molecule has 3 aromatic rings. The summed E-state index contributed by atoms with van der Waals surface area (Å²) in [5.74, 6) is 0. The van der Waals surface area contributed by atoms with Gasteiger partial charge in [0.15, 0.2) is 5.65 Å². The van der Waals surface area contributed by atoms with Crippen molar-refractivity contribution in [3.05, 3.63) is 42.6 Å². The van der Waals surface area contributed by atoms with Gasteiger partial charge in [0.2, 0.25) is 0 Å². The van der Waals surface area contributed by atoms with Crippen LogP contribution in [0.15, 0.2) is 47.8 Å². The first kappa shape index (κ1) is 13.3. The molecule has 0 aliphatic carbocycles. The van der Waals surface area contributed by atoms with Crippen LogP contribution in [0, 0.1) is 0 Å². The summed E-state index contributed by atoms with van der Waals surface area (Å²) < 4.78 is 33.2. The number of para-hydroxylation sites is 1. The van der Waals surface area contributed by atoms with E-state index in [1.165, 1.54) is 23.9 Å². The Labute approximate surface area is 120 Å². The highest BCUT2D eigenvalue weighted by molar-refractivity contribution is 7.92. The van der Waals surface area contributed by atoms with Crippen molar-refractivity contribution in [1.82, 2.24) is 19.6 Å². The quantitative estimate of drug-likeness (QED) is 0.770. The van der Waals surface area contributed by atoms with Crippen LogP contribution in [0.5, 0.6) is 6.01 Å². The van der Waals surface area contributed by atoms with Gasteiger partial charge in [-0.05, 0) is 12.1 Å². The Bertz CT molecular complexity index is 876. The second kappa shape index (κ2) is 5.02. The SMILES string of the molecule is COc1nccc2nc(S(=O)(=O)Nc3ccccc3)nn12. The van der Waals surface area contributed by atoms with E-state index in [0.29, 0.717) is 11.3 Å². The van der Waals surface area contributed by atoms with Crippen LogP contribution in [0.1, 0.15) is 0 Å². The molecule has 9 heteroatoms. The first-order valence-electron chi connectivity index (χ1n) is 5.94. The molecule has 0 aliphatic heterocycles. The summed E-state index contributed by atoms with van der Waals surface area (Å²) >= 11 is 0. The minimum atomic E-state index is -3.88. The molecule has 8 nitrogen and oxygen atoms in total. The number of fused-ring (bicyclic) bond motifs is 1. The van der Waals surface area contributed by atoms with Gasteiger partial charge in [0, 0.05) is 18.0 Å². The summed E-state index contributed by atoms with van der Waals surface area (Å²) in [6, 6.07) is 10.2. The predicted octanol–water partition coefficient (Wildman–Crippen LogP) is 0.934. The Morgan fingerprint density at radius 3 is 2.67 bits per heavy atom. The molecule has 0 unspecified atom stereocenters. The molecule has 21 heavy (non-hydrogen) atoms. The van der Waals surface area contributed by atoms with E-state index in [4.69, 9.17) is 4.74 Å². The van der Waals surface area contributed by atoms with E-state index < -0.39 is 10.0 Å². The Morgan fingerprint density at radius 1 is 1.19 bits per heavy atom. The van der Waals surface area contributed by atoms with Gasteiger partial charge in [0.25, 0.3) is 15.2 Å². The number of benzene rings is 1. The molecule has 1 N–H and O–H groups in total. The standard InChI is InChI=1S/C12H11N5O3S/c1-20-12-13-8-7-10-14-11(15-17(10)12)21(18,19)16-9-5-3-2-4-6-9/h2-8,16H,1H3. The summed E-state index contributed by atoms with van der Waals surface area (Å²) in [5.41, 5.74) is 0.761. The van der Waals surface area contributed by atoms with Crippen LogP contribution in [0.25, 0.3) is 5.65 Å². The van der Waals surface area contributed by atoms with E-state index in [0.717, 1.165) is 0 Å². The highest BCUT2D eigenvalue weighted by atomic mass is 32.2. The first-order valence-corrected chi connectivity index (χ1v) is 7.42. The number of sulfonamides is 1. The van der Waals surface area contributed by atoms with Crippen LogP contribution < -0.4 is 9.46 Å². The molecule has 0 fully saturated rings. The fraction of sp³-hybridized carbons (Fsp3) is 0.0833. The molecule has 0 spiro atoms. The third-order valence-electron chi connectivity index (χ3n) is 2.65. The Morgan fingerprint density at radius 2 is 1.95 bits per heavy atom. The van der Waals surface area contributed by atoms with Crippen LogP contribution in [0.4, 0.5) is 5.69 Å². The molecule has 0 saturated carbocycles. The number of anilines is 1. The lowest BCUT2D eigenvalue weighted by atomic mass is 10.3. The smallest absolute Gasteiger partial charge is 0.319 e. The number of hydrogen-bond acceptors (Lipinski definition) is 6. The van der Waals surface area contributed by atoms with Gasteiger partial charge in [-0.25, -0.2) is 4.98 Å². The monoisotopic (exact) mass is 305 g/mol. The summed E-state index contributed by atoms with van der Waals surface area (Å²) in [5, 5.41) is 3.57. The topological polar surface area (TPSA) is 98.5 Å². The summed E-state index contributed by atoms with van der Waals surface area (Å²) in [6.07, 6.45) is 1.46. The molecule has 0 saturated heterocycles. The fourth-order valence-electron chi connectivity index (χ4n) is 1.74. The molecule has 0 aliphatic rings. The largest absolute Gasteiger partial charge is 0.467 e. The van der Waals surface area contributed by atoms with Crippen molar-refractivity contribution in [2.75, 3.05) is 11.8 Å². The van der Waals surface area contributed by atoms with Gasteiger partial charge in [-0.3, -0.25) is 4.72 Å². The molecule has 0 amide bonds. The minimum absolute atomic E-state index is 0.154. The van der Waals surface area contributed by atoms with E-state index in [1.54, 1.807) is 30.3 Å². The van der Waals surface area contributed by atoms with Crippen molar-refractivity contribution in [2.24, 2.45) is 0 Å². The molecule has 3 rings (SSSR count). The van der Waals surface area contributed by atoms with Gasteiger partial charge >= 0.3 is 6.01 Å². The van der Waals surface area contributed by atoms with Gasteiger partial charge in [0.1, 0.15) is 0 Å². The van der Waals surface area contributed by atoms with Crippen LogP contribution in [-0.2, 0) is 10.0 Å². The molecule has 1 aromatic carbocycles. The third-order valence-corrected chi connectivity index (χ3v) is 3.81. The predicted molar refractivity (Wildman–Crippen MR) is 74.6 cm³/mol. The van der Waals surface area contributed by atoms with Crippen molar-refractivity contribution >= 4 is 21.4 Å². The molecule has 108 valence electrons. The zero-order chi connectivity index (χ0) is 14.9. The Hall–Kier alpha value is -2.68. The molecular weight excluding hydrogens is 294 g/mol. The maximum Gasteiger partial charge on any atom is 0.319 e. The number of nitrogens with one attached hydrogen (secondary N) is 1. The zero-order valence-corrected chi connectivity index (χ0v) is 11.8. The molecule has 2 aromatic heterocycles. The van der Waals surface area contributed by atoms with Gasteiger partial charge in [-0.1, -0.05) is 18.2 Å². The highest BCUT2D eigenvalue weighted by Gasteiger charge is 2.21. The molecular formula is C12H11N5O3S. The lowest BCUT2D eigenvalue weighted by Crippen LogP contribution is -2.14. The van der Waals surface area contributed by atoms with Crippen LogP contribution in [0.2, 0.25) is 0 Å². The van der Waals surface area contributed by atoms with Crippen LogP contribution >= 0.6 is 0 Å². The summed E-state index contributed by atoms with van der Waals surface area (Å²) in [4.78, 5) is 7.90. The van der Waals surface area contributed by atoms with Gasteiger partial charge in [-0.15, -0.1) is 5.10 Å². The maximum absolute atomic E-state index is 12.3. The number of nitrogens with zero attached hydrogens (tertiary/aromatic N) is 4. The normalized spacial score (nSPS) is 11.5. The van der Waals surface area contributed by atoms with Gasteiger partial charge in [-0.2, -0.15) is 17.9 Å². The average Bonchev–Trinajstić information content (AvgIpc) is 2.92. The van der Waals surface area contributed by atoms with E-state index in [1.807, 2.05) is 0 Å². The average molecular weight is 305 g/mol. The van der Waals surface area contributed by atoms with Crippen molar-refractivity contribution < 1.29 is 13.2 Å². The number of hydrogen-bond donors (Lipinski definition) is 1. The number of ether oxygens (including phenoxy) is 1. The molecule has 2 heterocycles. The lowest BCUT2D eigenvalue weighted by Gasteiger charge is -2.03. The third kappa shape index (κ3) is 2.50. The first-order chi connectivity index (χ1) is 10.1. The number of rotatable bonds is 4. The number of methoxy groups -OCH3 is 1. The summed E-state index contributed by atoms with van der Waals surface area (Å²) in [7, 11) is -2.46. The van der Waals surface area contributed by atoms with Crippen molar-refractivity contribution in [1.29, 1.82) is 0 Å². The highest BCUT2D eigenvalue weighted by Crippen LogP contribution is 2.15. The van der Waals surface area contributed by atoms with E-state index in [-0.39, 0.29) is 11.2 Å². The lowest BCUT2D eigenvalue weighted by molar-refractivity contribution is 0.366. The summed E-state index contributed by atoms with van der Waals surface area (Å²) in [6.45, 7) is 0. The minimum Gasteiger partial charge on any atom is -0.467 e. The van der Waals surface area contributed by atoms with E-state index in [9.17, 15) is 8.42 Å². The maximum atomic E-state index is 12.3. The second-order valence-electron chi connectivity index (χ2n) is 4.07. The van der Waals surface area contributed by atoms with Crippen molar-refractivity contribution in [3.8, 4) is 6.01 Å². The number of aromatic nitrogens is 4. The second-order valence-corrected chi connectivity index (χ2v) is 5.64. The van der Waals surface area contributed by atoms with Gasteiger partial charge < -0.3 is 4.74 Å². The Kier molecular flexibility index (Phi) is 3.18. The van der Waals surface area contributed by atoms with Crippen molar-refractivity contribution in [2.45, 2.75) is 5.16 Å². The molecule has 0 atom stereocenters. The van der Waals surface area contributed by atoms with E-state index in [2.05, 4.69) is 19.8 Å². The Balaban J connectivity index is 2.03. The van der Waals surface area contributed by atoms with Crippen molar-refractivity contribution in [3.63, 3.8) is 0 Å². The fourth-order valence-corrected chi connectivity index (χ4v) is 2.68. The zero-order valence-electron chi connectivity index (χ0n) is 11.0. The van der Waals surface area contributed by atoms with Crippen LogP contribution in [-0.4, -0.2) is 35.1 Å². The van der Waals surface area contributed by atoms with Crippen LogP contribution in [0.3, 0.4) is 0 Å². The van der Waals surface area contributed by atoms with E-state index >= 15 is 0 Å². The molecule has 0 bridgehead atoms. The molecule has 0 radical (unpaired) electrons.